The van der Waals surface area contributed by atoms with Gasteiger partial charge < -0.3 is 0 Å². The van der Waals surface area contributed by atoms with Gasteiger partial charge in [-0.05, 0) is 32.9 Å². The highest BCUT2D eigenvalue weighted by Gasteiger charge is 2.53. The van der Waals surface area contributed by atoms with E-state index in [1.165, 1.54) is 0 Å². The van der Waals surface area contributed by atoms with E-state index in [-0.39, 0.29) is 16.8 Å². The van der Waals surface area contributed by atoms with Crippen molar-refractivity contribution in [2.45, 2.75) is 37.6 Å². The van der Waals surface area contributed by atoms with E-state index in [2.05, 4.69) is 11.6 Å². The normalized spacial score (nSPS) is 29.7. The fourth-order valence-corrected chi connectivity index (χ4v) is 3.29. The van der Waals surface area contributed by atoms with Gasteiger partial charge in [0, 0.05) is 6.20 Å². The van der Waals surface area contributed by atoms with Crippen LogP contribution in [0, 0.1) is 0 Å². The van der Waals surface area contributed by atoms with Gasteiger partial charge >= 0.3 is 0 Å². The molecule has 1 aliphatic heterocycles. The lowest BCUT2D eigenvalue weighted by Crippen LogP contribution is -2.28. The van der Waals surface area contributed by atoms with Gasteiger partial charge in [0.1, 0.15) is 11.0 Å². The fourth-order valence-electron chi connectivity index (χ4n) is 1.85. The third-order valence-corrected chi connectivity index (χ3v) is 4.65. The number of pyridine rings is 1. The zero-order chi connectivity index (χ0) is 12.6. The Kier molecular flexibility index (Phi) is 3.19. The van der Waals surface area contributed by atoms with Gasteiger partial charge in [0.25, 0.3) is 0 Å². The molecule has 0 aromatic carbocycles. The Morgan fingerprint density at radius 1 is 1.47 bits per heavy atom. The zero-order valence-corrected chi connectivity index (χ0v) is 11.3. The molecule has 0 spiro atoms. The van der Waals surface area contributed by atoms with Crippen molar-refractivity contribution in [2.75, 3.05) is 0 Å². The summed E-state index contributed by atoms with van der Waals surface area (Å²) in [4.78, 5) is 4.33. The maximum atomic E-state index is 12.3. The third kappa shape index (κ3) is 2.33. The smallest absolute Gasteiger partial charge is 0.101 e. The van der Waals surface area contributed by atoms with Crippen molar-refractivity contribution < 1.29 is 4.21 Å². The lowest BCUT2D eigenvalue weighted by molar-refractivity contribution is 0.602. The van der Waals surface area contributed by atoms with E-state index in [0.717, 1.165) is 5.69 Å². The second-order valence-corrected chi connectivity index (χ2v) is 7.29. The van der Waals surface area contributed by atoms with Crippen LogP contribution in [0.4, 0.5) is 0 Å². The average molecular weight is 250 g/mol. The molecule has 1 aliphatic rings. The Bertz CT molecular complexity index is 438. The Labute approximate surface area is 105 Å². The molecule has 1 aromatic heterocycles. The minimum atomic E-state index is -1.02. The van der Waals surface area contributed by atoms with Gasteiger partial charge in [-0.1, -0.05) is 12.1 Å². The average Bonchev–Trinajstić information content (AvgIpc) is 3.02. The number of hydrogen-bond donors (Lipinski definition) is 0. The summed E-state index contributed by atoms with van der Waals surface area (Å²) in [5.74, 6) is 0. The van der Waals surface area contributed by atoms with Crippen molar-refractivity contribution in [3.8, 4) is 0 Å². The van der Waals surface area contributed by atoms with Crippen LogP contribution in [-0.2, 0) is 11.0 Å². The minimum absolute atomic E-state index is 0.119. The highest BCUT2D eigenvalue weighted by Crippen LogP contribution is 2.46. The predicted octanol–water partition coefficient (Wildman–Crippen LogP) is 2.46. The van der Waals surface area contributed by atoms with Crippen LogP contribution in [0.2, 0.25) is 0 Å². The van der Waals surface area contributed by atoms with E-state index in [0.29, 0.717) is 0 Å². The molecule has 0 N–H and O–H groups in total. The molecule has 1 aromatic rings. The highest BCUT2D eigenvalue weighted by molar-refractivity contribution is 7.84. The van der Waals surface area contributed by atoms with Gasteiger partial charge in [-0.15, -0.1) is 6.58 Å². The lowest BCUT2D eigenvalue weighted by Gasteiger charge is -2.18. The quantitative estimate of drug-likeness (QED) is 0.610. The summed E-state index contributed by atoms with van der Waals surface area (Å²) in [5, 5.41) is 0. The van der Waals surface area contributed by atoms with E-state index in [9.17, 15) is 4.21 Å². The molecule has 0 amide bonds. The molecule has 92 valence electrons. The standard InChI is InChI=1S/C13H18N2OS/c1-5-11-12(10-8-6-7-9-14-10)15(11)17(16)13(2,3)4/h5-9,11-12H,1H2,2-4H3/t11-,12-,15?,17-/m1/s1. The first-order valence-electron chi connectivity index (χ1n) is 5.70. The van der Waals surface area contributed by atoms with Gasteiger partial charge in [0.15, 0.2) is 0 Å². The van der Waals surface area contributed by atoms with Crippen molar-refractivity contribution in [1.82, 2.24) is 9.29 Å². The number of nitrogens with zero attached hydrogens (tertiary/aromatic N) is 2. The molecule has 3 nitrogen and oxygen atoms in total. The van der Waals surface area contributed by atoms with Crippen LogP contribution in [0.5, 0.6) is 0 Å². The van der Waals surface area contributed by atoms with Gasteiger partial charge in [-0.25, -0.2) is 8.51 Å². The topological polar surface area (TPSA) is 33.0 Å². The van der Waals surface area contributed by atoms with Gasteiger partial charge in [-0.2, -0.15) is 0 Å². The molecule has 1 fully saturated rings. The molecular formula is C13H18N2OS. The Hall–Kier alpha value is -1.00. The number of rotatable bonds is 3. The molecule has 1 unspecified atom stereocenters. The summed E-state index contributed by atoms with van der Waals surface area (Å²) in [6, 6.07) is 6.08. The molecule has 17 heavy (non-hydrogen) atoms. The SMILES string of the molecule is C=C[C@@H]1[C@@H](c2ccccn2)N1[S@](=O)C(C)(C)C. The molecule has 2 rings (SSSR count). The lowest BCUT2D eigenvalue weighted by atomic mass is 10.2. The zero-order valence-electron chi connectivity index (χ0n) is 10.5. The van der Waals surface area contributed by atoms with Crippen molar-refractivity contribution >= 4 is 11.0 Å². The maximum absolute atomic E-state index is 12.3. The van der Waals surface area contributed by atoms with E-state index >= 15 is 0 Å². The van der Waals surface area contributed by atoms with Gasteiger partial charge in [0.2, 0.25) is 0 Å². The van der Waals surface area contributed by atoms with Crippen LogP contribution in [0.15, 0.2) is 37.1 Å². The van der Waals surface area contributed by atoms with E-state index in [4.69, 9.17) is 0 Å². The summed E-state index contributed by atoms with van der Waals surface area (Å²) in [6.45, 7) is 9.76. The first-order chi connectivity index (χ1) is 7.96. The van der Waals surface area contributed by atoms with Crippen molar-refractivity contribution in [2.24, 2.45) is 0 Å². The molecular weight excluding hydrogens is 232 g/mol. The first kappa shape index (κ1) is 12.5. The van der Waals surface area contributed by atoms with E-state index in [1.807, 2.05) is 49.4 Å². The summed E-state index contributed by atoms with van der Waals surface area (Å²) < 4.78 is 14.1. The summed E-state index contributed by atoms with van der Waals surface area (Å²) >= 11 is 0. The van der Waals surface area contributed by atoms with Crippen LogP contribution in [0.25, 0.3) is 0 Å². The third-order valence-electron chi connectivity index (χ3n) is 2.75. The Balaban J connectivity index is 2.22. The molecule has 4 atom stereocenters. The van der Waals surface area contributed by atoms with Crippen LogP contribution in [-0.4, -0.2) is 24.3 Å². The summed E-state index contributed by atoms with van der Waals surface area (Å²) in [7, 11) is -1.02. The van der Waals surface area contributed by atoms with Crippen molar-refractivity contribution in [3.05, 3.63) is 42.7 Å². The molecule has 0 bridgehead atoms. The molecule has 4 heteroatoms. The first-order valence-corrected chi connectivity index (χ1v) is 6.81. The second kappa shape index (κ2) is 4.35. The van der Waals surface area contributed by atoms with E-state index < -0.39 is 11.0 Å². The second-order valence-electron chi connectivity index (χ2n) is 5.15. The highest BCUT2D eigenvalue weighted by atomic mass is 32.2. The monoisotopic (exact) mass is 250 g/mol. The van der Waals surface area contributed by atoms with Crippen LogP contribution in [0.1, 0.15) is 32.5 Å². The number of aromatic nitrogens is 1. The molecule has 0 saturated carbocycles. The van der Waals surface area contributed by atoms with E-state index in [1.54, 1.807) is 6.20 Å². The Morgan fingerprint density at radius 3 is 2.65 bits per heavy atom. The summed E-state index contributed by atoms with van der Waals surface area (Å²) in [5.41, 5.74) is 0.968. The van der Waals surface area contributed by atoms with Crippen molar-refractivity contribution in [3.63, 3.8) is 0 Å². The van der Waals surface area contributed by atoms with Crippen LogP contribution in [0.3, 0.4) is 0 Å². The van der Waals surface area contributed by atoms with Crippen molar-refractivity contribution in [1.29, 1.82) is 0 Å². The minimum Gasteiger partial charge on any atom is -0.260 e. The molecule has 2 heterocycles. The fraction of sp³-hybridized carbons (Fsp3) is 0.462. The molecule has 1 saturated heterocycles. The van der Waals surface area contributed by atoms with Crippen LogP contribution >= 0.6 is 0 Å². The Morgan fingerprint density at radius 2 is 2.18 bits per heavy atom. The largest absolute Gasteiger partial charge is 0.260 e. The number of hydrogen-bond acceptors (Lipinski definition) is 2. The maximum Gasteiger partial charge on any atom is 0.101 e. The van der Waals surface area contributed by atoms with Crippen LogP contribution < -0.4 is 0 Å². The molecule has 0 aliphatic carbocycles. The molecule has 0 radical (unpaired) electrons. The van der Waals surface area contributed by atoms with Gasteiger partial charge in [0.05, 0.1) is 22.5 Å². The van der Waals surface area contributed by atoms with Gasteiger partial charge in [-0.3, -0.25) is 4.98 Å². The predicted molar refractivity (Wildman–Crippen MR) is 70.7 cm³/mol. The summed E-state index contributed by atoms with van der Waals surface area (Å²) in [6.07, 6.45) is 3.62.